The number of ether oxygens (including phenoxy) is 2. The molecule has 0 saturated heterocycles. The van der Waals surface area contributed by atoms with Crippen LogP contribution < -0.4 is 0 Å². The van der Waals surface area contributed by atoms with E-state index in [4.69, 9.17) is 9.47 Å². The van der Waals surface area contributed by atoms with Crippen molar-refractivity contribution in [3.05, 3.63) is 41.6 Å². The largest absolute Gasteiger partial charge is 0.478 e. The molecule has 0 aliphatic heterocycles. The molecule has 1 heterocycles. The maximum atomic E-state index is 11.3. The zero-order valence-electron chi connectivity index (χ0n) is 10.1. The van der Waals surface area contributed by atoms with E-state index in [0.29, 0.717) is 16.6 Å². The third-order valence-electron chi connectivity index (χ3n) is 2.64. The SMILES string of the molecule is COC(OC)c1cc(C(=O)O)c2ccccc2n1. The van der Waals surface area contributed by atoms with Crippen molar-refractivity contribution in [1.29, 1.82) is 0 Å². The van der Waals surface area contributed by atoms with E-state index in [0.717, 1.165) is 0 Å². The number of aromatic nitrogens is 1. The molecule has 0 atom stereocenters. The van der Waals surface area contributed by atoms with Crippen LogP contribution in [-0.4, -0.2) is 30.3 Å². The number of carboxylic acids is 1. The Labute approximate surface area is 104 Å². The Bertz CT molecular complexity index is 578. The summed E-state index contributed by atoms with van der Waals surface area (Å²) in [4.78, 5) is 15.6. The number of carbonyl (C=O) groups is 1. The van der Waals surface area contributed by atoms with Crippen molar-refractivity contribution in [2.75, 3.05) is 14.2 Å². The second kappa shape index (κ2) is 5.12. The first-order chi connectivity index (χ1) is 8.67. The molecular formula is C13H13NO4. The number of para-hydroxylation sites is 1. The first-order valence-electron chi connectivity index (χ1n) is 5.36. The maximum absolute atomic E-state index is 11.3. The van der Waals surface area contributed by atoms with E-state index in [1.165, 1.54) is 20.3 Å². The number of nitrogens with zero attached hydrogens (tertiary/aromatic N) is 1. The lowest BCUT2D eigenvalue weighted by Gasteiger charge is -2.14. The quantitative estimate of drug-likeness (QED) is 0.839. The van der Waals surface area contributed by atoms with E-state index in [1.807, 2.05) is 0 Å². The average molecular weight is 247 g/mol. The average Bonchev–Trinajstić information content (AvgIpc) is 2.39. The van der Waals surface area contributed by atoms with E-state index >= 15 is 0 Å². The Morgan fingerprint density at radius 3 is 2.56 bits per heavy atom. The monoisotopic (exact) mass is 247 g/mol. The molecule has 18 heavy (non-hydrogen) atoms. The van der Waals surface area contributed by atoms with Crippen molar-refractivity contribution in [2.45, 2.75) is 6.29 Å². The van der Waals surface area contributed by atoms with Crippen LogP contribution in [0.1, 0.15) is 22.3 Å². The van der Waals surface area contributed by atoms with Crippen molar-refractivity contribution in [3.63, 3.8) is 0 Å². The standard InChI is InChI=1S/C13H13NO4/c1-17-13(18-2)11-7-9(12(15)16)8-5-3-4-6-10(8)14-11/h3-7,13H,1-2H3,(H,15,16). The molecule has 0 amide bonds. The van der Waals surface area contributed by atoms with Crippen LogP contribution in [0.15, 0.2) is 30.3 Å². The van der Waals surface area contributed by atoms with E-state index in [2.05, 4.69) is 4.98 Å². The lowest BCUT2D eigenvalue weighted by Crippen LogP contribution is -2.09. The Balaban J connectivity index is 2.67. The molecule has 1 N–H and O–H groups in total. The van der Waals surface area contributed by atoms with Crippen LogP contribution in [0.2, 0.25) is 0 Å². The number of rotatable bonds is 4. The van der Waals surface area contributed by atoms with Gasteiger partial charge in [-0.3, -0.25) is 0 Å². The van der Waals surface area contributed by atoms with Gasteiger partial charge in [-0.05, 0) is 12.1 Å². The fourth-order valence-electron chi connectivity index (χ4n) is 1.83. The van der Waals surface area contributed by atoms with Crippen molar-refractivity contribution in [3.8, 4) is 0 Å². The van der Waals surface area contributed by atoms with Crippen LogP contribution in [0.25, 0.3) is 10.9 Å². The van der Waals surface area contributed by atoms with Crippen LogP contribution in [0, 0.1) is 0 Å². The second-order valence-corrected chi connectivity index (χ2v) is 3.72. The number of pyridine rings is 1. The zero-order valence-corrected chi connectivity index (χ0v) is 10.1. The number of hydrogen-bond donors (Lipinski definition) is 1. The van der Waals surface area contributed by atoms with Gasteiger partial charge in [0, 0.05) is 19.6 Å². The molecule has 0 saturated carbocycles. The summed E-state index contributed by atoms with van der Waals surface area (Å²) in [6.45, 7) is 0. The third kappa shape index (κ3) is 2.18. The summed E-state index contributed by atoms with van der Waals surface area (Å²) in [6.07, 6.45) is -0.673. The summed E-state index contributed by atoms with van der Waals surface area (Å²) in [6, 6.07) is 8.54. The topological polar surface area (TPSA) is 68.7 Å². The predicted molar refractivity (Wildman–Crippen MR) is 65.5 cm³/mol. The summed E-state index contributed by atoms with van der Waals surface area (Å²) in [5.74, 6) is -0.999. The number of hydrogen-bond acceptors (Lipinski definition) is 4. The minimum Gasteiger partial charge on any atom is -0.478 e. The smallest absolute Gasteiger partial charge is 0.336 e. The summed E-state index contributed by atoms with van der Waals surface area (Å²) >= 11 is 0. The number of fused-ring (bicyclic) bond motifs is 1. The Hall–Kier alpha value is -1.98. The van der Waals surface area contributed by atoms with E-state index in [-0.39, 0.29) is 5.56 Å². The van der Waals surface area contributed by atoms with Crippen molar-refractivity contribution in [2.24, 2.45) is 0 Å². The zero-order chi connectivity index (χ0) is 13.1. The summed E-state index contributed by atoms with van der Waals surface area (Å²) in [7, 11) is 2.96. The summed E-state index contributed by atoms with van der Waals surface area (Å²) in [5.41, 5.74) is 1.23. The van der Waals surface area contributed by atoms with Crippen molar-refractivity contribution < 1.29 is 19.4 Å². The van der Waals surface area contributed by atoms with Crippen molar-refractivity contribution in [1.82, 2.24) is 4.98 Å². The minimum atomic E-state index is -0.999. The molecule has 0 fully saturated rings. The molecule has 0 bridgehead atoms. The highest BCUT2D eigenvalue weighted by atomic mass is 16.7. The fourth-order valence-corrected chi connectivity index (χ4v) is 1.83. The maximum Gasteiger partial charge on any atom is 0.336 e. The van der Waals surface area contributed by atoms with Gasteiger partial charge in [0.25, 0.3) is 0 Å². The molecule has 0 aliphatic carbocycles. The van der Waals surface area contributed by atoms with Gasteiger partial charge in [-0.15, -0.1) is 0 Å². The van der Waals surface area contributed by atoms with Gasteiger partial charge in [0.15, 0.2) is 0 Å². The molecule has 0 aliphatic rings. The Morgan fingerprint density at radius 1 is 1.28 bits per heavy atom. The molecule has 0 spiro atoms. The summed E-state index contributed by atoms with van der Waals surface area (Å²) in [5, 5.41) is 9.82. The number of aromatic carboxylic acids is 1. The van der Waals surface area contributed by atoms with Crippen LogP contribution in [0.4, 0.5) is 0 Å². The first kappa shape index (κ1) is 12.5. The minimum absolute atomic E-state index is 0.190. The van der Waals surface area contributed by atoms with Crippen molar-refractivity contribution >= 4 is 16.9 Å². The predicted octanol–water partition coefficient (Wildman–Crippen LogP) is 2.22. The molecule has 2 rings (SSSR count). The highest BCUT2D eigenvalue weighted by Gasteiger charge is 2.17. The molecule has 1 aromatic carbocycles. The molecule has 2 aromatic rings. The Kier molecular flexibility index (Phi) is 3.55. The molecule has 0 unspecified atom stereocenters. The highest BCUT2D eigenvalue weighted by molar-refractivity contribution is 6.02. The fraction of sp³-hybridized carbons (Fsp3) is 0.231. The van der Waals surface area contributed by atoms with Gasteiger partial charge in [-0.1, -0.05) is 18.2 Å². The molecule has 5 heteroatoms. The number of carboxylic acid groups (broad SMARTS) is 1. The normalized spacial score (nSPS) is 11.1. The van der Waals surface area contributed by atoms with Crippen LogP contribution in [-0.2, 0) is 9.47 Å². The van der Waals surface area contributed by atoms with Crippen LogP contribution in [0.5, 0.6) is 0 Å². The van der Waals surface area contributed by atoms with Gasteiger partial charge in [-0.2, -0.15) is 0 Å². The number of benzene rings is 1. The Morgan fingerprint density at radius 2 is 1.94 bits per heavy atom. The molecule has 5 nitrogen and oxygen atoms in total. The lowest BCUT2D eigenvalue weighted by atomic mass is 10.1. The van der Waals surface area contributed by atoms with Gasteiger partial charge >= 0.3 is 5.97 Å². The van der Waals surface area contributed by atoms with Gasteiger partial charge in [0.05, 0.1) is 16.8 Å². The highest BCUT2D eigenvalue weighted by Crippen LogP contribution is 2.23. The van der Waals surface area contributed by atoms with Crippen LogP contribution in [0.3, 0.4) is 0 Å². The lowest BCUT2D eigenvalue weighted by molar-refractivity contribution is -0.108. The van der Waals surface area contributed by atoms with Gasteiger partial charge in [0.2, 0.25) is 6.29 Å². The molecule has 94 valence electrons. The van der Waals surface area contributed by atoms with E-state index < -0.39 is 12.3 Å². The number of methoxy groups -OCH3 is 2. The third-order valence-corrected chi connectivity index (χ3v) is 2.64. The molecule has 1 aromatic heterocycles. The van der Waals surface area contributed by atoms with E-state index in [1.54, 1.807) is 24.3 Å². The van der Waals surface area contributed by atoms with E-state index in [9.17, 15) is 9.90 Å². The van der Waals surface area contributed by atoms with Gasteiger partial charge in [-0.25, -0.2) is 9.78 Å². The van der Waals surface area contributed by atoms with Gasteiger partial charge < -0.3 is 14.6 Å². The second-order valence-electron chi connectivity index (χ2n) is 3.72. The van der Waals surface area contributed by atoms with Crippen LogP contribution >= 0.6 is 0 Å². The summed E-state index contributed by atoms with van der Waals surface area (Å²) < 4.78 is 10.2. The first-order valence-corrected chi connectivity index (χ1v) is 5.36. The van der Waals surface area contributed by atoms with Gasteiger partial charge in [0.1, 0.15) is 0 Å². The molecule has 0 radical (unpaired) electrons. The molecular weight excluding hydrogens is 234 g/mol.